The maximum absolute atomic E-state index is 14.2. The molecule has 2 aromatic carbocycles. The average molecular weight is 748 g/mol. The van der Waals surface area contributed by atoms with Crippen LogP contribution in [0.25, 0.3) is 0 Å². The van der Waals surface area contributed by atoms with Crippen molar-refractivity contribution in [3.05, 3.63) is 86.8 Å². The van der Waals surface area contributed by atoms with E-state index in [9.17, 15) is 32.3 Å². The highest BCUT2D eigenvalue weighted by Gasteiger charge is 2.41. The number of likely N-dealkylation sites (N-methyl/N-ethyl adjacent to an activating group) is 1. The van der Waals surface area contributed by atoms with Crippen LogP contribution in [0.4, 0.5) is 24.5 Å². The summed E-state index contributed by atoms with van der Waals surface area (Å²) in [6.45, 7) is 6.03. The lowest BCUT2D eigenvalue weighted by Gasteiger charge is -2.47. The molecule has 3 atom stereocenters. The van der Waals surface area contributed by atoms with Crippen molar-refractivity contribution in [1.82, 2.24) is 24.9 Å². The van der Waals surface area contributed by atoms with Crippen LogP contribution >= 0.6 is 0 Å². The number of halogens is 3. The van der Waals surface area contributed by atoms with Crippen LogP contribution in [0.1, 0.15) is 89.4 Å². The highest BCUT2D eigenvalue weighted by Crippen LogP contribution is 2.44. The molecule has 3 aromatic rings. The van der Waals surface area contributed by atoms with Gasteiger partial charge in [-0.3, -0.25) is 24.5 Å². The van der Waals surface area contributed by atoms with Gasteiger partial charge in [0.15, 0.2) is 0 Å². The van der Waals surface area contributed by atoms with Crippen LogP contribution in [0.15, 0.2) is 53.5 Å². The molecule has 5 heterocycles. The number of carbonyl (C=O) groups is 3. The summed E-state index contributed by atoms with van der Waals surface area (Å²) in [4.78, 5) is 56.2. The maximum Gasteiger partial charge on any atom is 0.416 e. The van der Waals surface area contributed by atoms with E-state index in [4.69, 9.17) is 0 Å². The monoisotopic (exact) mass is 747 g/mol. The second-order valence-corrected chi connectivity index (χ2v) is 15.8. The van der Waals surface area contributed by atoms with Gasteiger partial charge >= 0.3 is 6.18 Å². The number of nitrogens with zero attached hydrogens (tertiary/aromatic N) is 5. The van der Waals surface area contributed by atoms with E-state index in [1.165, 1.54) is 16.3 Å². The lowest BCUT2D eigenvalue weighted by atomic mass is 9.71. The number of amides is 3. The summed E-state index contributed by atoms with van der Waals surface area (Å²) in [6.07, 6.45) is 1.35. The molecule has 7 rings (SSSR count). The fourth-order valence-electron chi connectivity index (χ4n) is 8.97. The van der Waals surface area contributed by atoms with E-state index in [0.717, 1.165) is 56.9 Å². The Kier molecular flexibility index (Phi) is 10.3. The van der Waals surface area contributed by atoms with E-state index in [1.54, 1.807) is 19.3 Å². The minimum Gasteiger partial charge on any atom is -0.379 e. The smallest absolute Gasteiger partial charge is 0.379 e. The van der Waals surface area contributed by atoms with Crippen LogP contribution in [0.3, 0.4) is 0 Å². The van der Waals surface area contributed by atoms with E-state index in [2.05, 4.69) is 39.8 Å². The first-order valence-electron chi connectivity index (χ1n) is 18.9. The molecule has 54 heavy (non-hydrogen) atoms. The number of hydrogen-bond acceptors (Lipinski definition) is 8. The first kappa shape index (κ1) is 37.6. The maximum atomic E-state index is 14.2. The normalized spacial score (nSPS) is 23.7. The van der Waals surface area contributed by atoms with Crippen molar-refractivity contribution in [1.29, 1.82) is 0 Å². The quantitative estimate of drug-likeness (QED) is 0.337. The summed E-state index contributed by atoms with van der Waals surface area (Å²) in [5.74, 6) is -1.89. The third kappa shape index (κ3) is 7.75. The molecular formula is C40H48F3N7O4. The van der Waals surface area contributed by atoms with E-state index in [0.29, 0.717) is 43.0 Å². The third-order valence-electron chi connectivity index (χ3n) is 12.3. The highest BCUT2D eigenvalue weighted by molar-refractivity contribution is 6.01. The first-order chi connectivity index (χ1) is 25.7. The minimum atomic E-state index is -4.64. The van der Waals surface area contributed by atoms with Gasteiger partial charge in [-0.1, -0.05) is 18.2 Å². The van der Waals surface area contributed by atoms with Gasteiger partial charge in [0.05, 0.1) is 23.4 Å². The molecule has 1 unspecified atom stereocenters. The molecule has 0 saturated carbocycles. The summed E-state index contributed by atoms with van der Waals surface area (Å²) in [5.41, 5.74) is 2.71. The van der Waals surface area contributed by atoms with Gasteiger partial charge in [0.1, 0.15) is 0 Å². The number of alkyl halides is 3. The predicted octanol–water partition coefficient (Wildman–Crippen LogP) is 5.05. The molecule has 4 aliphatic rings. The molecule has 3 amide bonds. The molecule has 1 spiro atoms. The molecule has 4 fully saturated rings. The van der Waals surface area contributed by atoms with Crippen molar-refractivity contribution >= 4 is 29.1 Å². The van der Waals surface area contributed by atoms with E-state index in [-0.39, 0.29) is 47.2 Å². The van der Waals surface area contributed by atoms with Crippen molar-refractivity contribution in [2.75, 3.05) is 56.5 Å². The summed E-state index contributed by atoms with van der Waals surface area (Å²) in [6, 6.07) is 12.3. The highest BCUT2D eigenvalue weighted by atomic mass is 19.4. The van der Waals surface area contributed by atoms with Crippen molar-refractivity contribution in [3.8, 4) is 0 Å². The zero-order chi connectivity index (χ0) is 38.4. The van der Waals surface area contributed by atoms with Gasteiger partial charge in [0, 0.05) is 75.6 Å². The Morgan fingerprint density at radius 2 is 1.63 bits per heavy atom. The number of rotatable bonds is 6. The number of carbonyl (C=O) groups excluding carboxylic acids is 3. The predicted molar refractivity (Wildman–Crippen MR) is 199 cm³/mol. The molecule has 0 aliphatic carbocycles. The largest absolute Gasteiger partial charge is 0.416 e. The lowest BCUT2D eigenvalue weighted by molar-refractivity contribution is -0.139. The Bertz CT molecular complexity index is 1960. The van der Waals surface area contributed by atoms with Crippen molar-refractivity contribution in [2.24, 2.45) is 12.5 Å². The summed E-state index contributed by atoms with van der Waals surface area (Å²) in [5, 5.41) is 9.88. The molecular weight excluding hydrogens is 699 g/mol. The van der Waals surface area contributed by atoms with Gasteiger partial charge in [-0.2, -0.15) is 18.3 Å². The second kappa shape index (κ2) is 14.8. The number of anilines is 2. The third-order valence-corrected chi connectivity index (χ3v) is 12.3. The van der Waals surface area contributed by atoms with Crippen LogP contribution in [-0.2, 0) is 22.8 Å². The molecule has 1 aromatic heterocycles. The Hall–Kier alpha value is -4.72. The van der Waals surface area contributed by atoms with Crippen LogP contribution < -0.4 is 21.1 Å². The van der Waals surface area contributed by atoms with Gasteiger partial charge in [0.25, 0.3) is 11.5 Å². The topological polar surface area (TPSA) is 120 Å². The molecule has 11 nitrogen and oxygen atoms in total. The van der Waals surface area contributed by atoms with Crippen molar-refractivity contribution in [2.45, 2.75) is 75.9 Å². The molecule has 14 heteroatoms. The fraction of sp³-hybridized carbons (Fsp3) is 0.525. The number of nitrogens with one attached hydrogen (secondary N) is 2. The summed E-state index contributed by atoms with van der Waals surface area (Å²) < 4.78 is 44.0. The number of aryl methyl sites for hydroxylation is 1. The number of benzene rings is 2. The van der Waals surface area contributed by atoms with Crippen LogP contribution in [0.5, 0.6) is 0 Å². The minimum absolute atomic E-state index is 0.0102. The molecule has 288 valence electrons. The van der Waals surface area contributed by atoms with E-state index >= 15 is 0 Å². The first-order valence-corrected chi connectivity index (χ1v) is 18.9. The fourth-order valence-corrected chi connectivity index (χ4v) is 8.97. The second-order valence-electron chi connectivity index (χ2n) is 15.8. The van der Waals surface area contributed by atoms with Gasteiger partial charge in [-0.25, -0.2) is 4.68 Å². The van der Waals surface area contributed by atoms with E-state index < -0.39 is 29.5 Å². The standard InChI is InChI=1S/C40H48F3N7O4/c1-25-34(22-44-48(3)37(25)53)45-29-20-28(23-47(2)24-29)26-4-6-27(7-5-26)38(54)50-18-14-39(15-19-50)12-16-49(17-13-39)30-8-9-31(33(21-30)40(41,42)43)32-10-11-35(51)46-36(32)52/h4-9,21-22,28-29,32,45H,10-20,23-24H2,1-3H3,(H,46,51,52)/t28-,29+,32?/m0/s1. The molecule has 4 aliphatic heterocycles. The van der Waals surface area contributed by atoms with Crippen molar-refractivity contribution < 1.29 is 27.6 Å². The Balaban J connectivity index is 0.935. The van der Waals surface area contributed by atoms with Crippen LogP contribution in [0, 0.1) is 12.3 Å². The van der Waals surface area contributed by atoms with E-state index in [1.807, 2.05) is 28.9 Å². The Labute approximate surface area is 312 Å². The van der Waals surface area contributed by atoms with Crippen molar-refractivity contribution in [3.63, 3.8) is 0 Å². The Morgan fingerprint density at radius 3 is 2.30 bits per heavy atom. The van der Waals surface area contributed by atoms with Crippen LogP contribution in [0.2, 0.25) is 0 Å². The zero-order valence-corrected chi connectivity index (χ0v) is 31.0. The lowest BCUT2D eigenvalue weighted by Crippen LogP contribution is -2.48. The van der Waals surface area contributed by atoms with Gasteiger partial charge in [0.2, 0.25) is 11.8 Å². The van der Waals surface area contributed by atoms with Gasteiger partial charge in [-0.05, 0) is 99.2 Å². The van der Waals surface area contributed by atoms with Gasteiger partial charge in [-0.15, -0.1) is 0 Å². The number of likely N-dealkylation sites (tertiary alicyclic amines) is 2. The number of piperidine rings is 4. The molecule has 4 saturated heterocycles. The van der Waals surface area contributed by atoms with Crippen LogP contribution in [-0.4, -0.2) is 89.7 Å². The summed E-state index contributed by atoms with van der Waals surface area (Å²) >= 11 is 0. The molecule has 0 bridgehead atoms. The Morgan fingerprint density at radius 1 is 0.944 bits per heavy atom. The van der Waals surface area contributed by atoms with Gasteiger partial charge < -0.3 is 20.0 Å². The SMILES string of the molecule is Cc1c(N[C@@H]2C[C@H](c3ccc(C(=O)N4CCC5(CC4)CCN(c4ccc(C6CCC(=O)NC6=O)c(C(F)(F)F)c4)CC5)cc3)CN(C)C2)cnn(C)c1=O. The summed E-state index contributed by atoms with van der Waals surface area (Å²) in [7, 11) is 3.73. The molecule has 2 N–H and O–H groups in total. The zero-order valence-electron chi connectivity index (χ0n) is 31.0. The number of aromatic nitrogens is 2. The number of hydrogen-bond donors (Lipinski definition) is 2. The number of imide groups is 1. The molecule has 0 radical (unpaired) electrons. The average Bonchev–Trinajstić information content (AvgIpc) is 3.15.